The molecule has 1 atom stereocenters. The number of amides is 2. The van der Waals surface area contributed by atoms with Crippen molar-refractivity contribution < 1.29 is 14.3 Å². The number of carbonyl (C=O) groups is 2. The van der Waals surface area contributed by atoms with E-state index in [0.29, 0.717) is 6.54 Å². The summed E-state index contributed by atoms with van der Waals surface area (Å²) in [5.74, 6) is 0.205. The standard InChI is InChI=1S/C23H29N3O3/c1-17(25-22(27)14-11-18-9-12-21(29-4)13-10-18)23(28)24-15-19-7-5-6-8-20(19)16-26(2)3/h5-14,17H,15-16H2,1-4H3,(H,24,28)(H,25,27)/b14-11+. The average Bonchev–Trinajstić information content (AvgIpc) is 2.71. The summed E-state index contributed by atoms with van der Waals surface area (Å²) in [6.45, 7) is 2.89. The number of nitrogens with one attached hydrogen (secondary N) is 2. The third-order valence-corrected chi connectivity index (χ3v) is 4.35. The van der Waals surface area contributed by atoms with Crippen LogP contribution >= 0.6 is 0 Å². The Hall–Kier alpha value is -3.12. The van der Waals surface area contributed by atoms with Crippen LogP contribution < -0.4 is 15.4 Å². The zero-order valence-corrected chi connectivity index (χ0v) is 17.4. The molecule has 2 aromatic carbocycles. The summed E-state index contributed by atoms with van der Waals surface area (Å²) in [6.07, 6.45) is 3.11. The van der Waals surface area contributed by atoms with Crippen LogP contribution in [0.15, 0.2) is 54.6 Å². The molecule has 2 aromatic rings. The molecule has 0 radical (unpaired) electrons. The summed E-state index contributed by atoms with van der Waals surface area (Å²) >= 11 is 0. The van der Waals surface area contributed by atoms with E-state index in [0.717, 1.165) is 29.0 Å². The number of hydrogen-bond acceptors (Lipinski definition) is 4. The van der Waals surface area contributed by atoms with Gasteiger partial charge in [0.2, 0.25) is 11.8 Å². The van der Waals surface area contributed by atoms with Crippen molar-refractivity contribution >= 4 is 17.9 Å². The molecular weight excluding hydrogens is 366 g/mol. The van der Waals surface area contributed by atoms with Crippen LogP contribution in [0.5, 0.6) is 5.75 Å². The van der Waals surface area contributed by atoms with Crippen LogP contribution in [0.2, 0.25) is 0 Å². The lowest BCUT2D eigenvalue weighted by molar-refractivity contribution is -0.126. The smallest absolute Gasteiger partial charge is 0.244 e. The largest absolute Gasteiger partial charge is 0.497 e. The van der Waals surface area contributed by atoms with E-state index in [2.05, 4.69) is 21.6 Å². The van der Waals surface area contributed by atoms with Gasteiger partial charge in [-0.2, -0.15) is 0 Å². The van der Waals surface area contributed by atoms with Gasteiger partial charge in [0, 0.05) is 19.2 Å². The highest BCUT2D eigenvalue weighted by atomic mass is 16.5. The van der Waals surface area contributed by atoms with Crippen molar-refractivity contribution in [1.82, 2.24) is 15.5 Å². The molecule has 6 heteroatoms. The highest BCUT2D eigenvalue weighted by Crippen LogP contribution is 2.12. The minimum Gasteiger partial charge on any atom is -0.497 e. The number of rotatable bonds is 9. The van der Waals surface area contributed by atoms with E-state index in [1.54, 1.807) is 20.1 Å². The van der Waals surface area contributed by atoms with Crippen molar-refractivity contribution in [2.24, 2.45) is 0 Å². The van der Waals surface area contributed by atoms with E-state index in [9.17, 15) is 9.59 Å². The van der Waals surface area contributed by atoms with Gasteiger partial charge in [0.25, 0.3) is 0 Å². The number of methoxy groups -OCH3 is 1. The van der Waals surface area contributed by atoms with Gasteiger partial charge in [-0.25, -0.2) is 0 Å². The predicted molar refractivity (Wildman–Crippen MR) is 115 cm³/mol. The first-order valence-electron chi connectivity index (χ1n) is 9.51. The molecule has 2 amide bonds. The fourth-order valence-electron chi connectivity index (χ4n) is 2.77. The highest BCUT2D eigenvalue weighted by molar-refractivity contribution is 5.95. The Balaban J connectivity index is 1.85. The topological polar surface area (TPSA) is 70.7 Å². The van der Waals surface area contributed by atoms with Crippen LogP contribution in [0.25, 0.3) is 6.08 Å². The Morgan fingerprint density at radius 1 is 1.07 bits per heavy atom. The molecule has 0 saturated heterocycles. The Kier molecular flexibility index (Phi) is 8.43. The molecule has 2 rings (SSSR count). The van der Waals surface area contributed by atoms with Crippen LogP contribution in [-0.2, 0) is 22.7 Å². The Morgan fingerprint density at radius 2 is 1.72 bits per heavy atom. The third-order valence-electron chi connectivity index (χ3n) is 4.35. The van der Waals surface area contributed by atoms with Gasteiger partial charge in [-0.15, -0.1) is 0 Å². The lowest BCUT2D eigenvalue weighted by Crippen LogP contribution is -2.44. The summed E-state index contributed by atoms with van der Waals surface area (Å²) in [5.41, 5.74) is 3.10. The normalized spacial score (nSPS) is 12.0. The molecule has 0 heterocycles. The minimum atomic E-state index is -0.635. The first-order valence-corrected chi connectivity index (χ1v) is 9.51. The second-order valence-electron chi connectivity index (χ2n) is 7.06. The van der Waals surface area contributed by atoms with Gasteiger partial charge >= 0.3 is 0 Å². The fourth-order valence-corrected chi connectivity index (χ4v) is 2.77. The maximum atomic E-state index is 12.4. The first-order chi connectivity index (χ1) is 13.9. The van der Waals surface area contributed by atoms with Gasteiger partial charge in [0.15, 0.2) is 0 Å². The molecule has 1 unspecified atom stereocenters. The monoisotopic (exact) mass is 395 g/mol. The van der Waals surface area contributed by atoms with Crippen LogP contribution in [0.3, 0.4) is 0 Å². The molecular formula is C23H29N3O3. The van der Waals surface area contributed by atoms with Crippen LogP contribution in [0.1, 0.15) is 23.6 Å². The number of nitrogens with zero attached hydrogens (tertiary/aromatic N) is 1. The average molecular weight is 396 g/mol. The molecule has 154 valence electrons. The molecule has 0 aliphatic carbocycles. The van der Waals surface area contributed by atoms with Crippen molar-refractivity contribution in [1.29, 1.82) is 0 Å². The maximum Gasteiger partial charge on any atom is 0.244 e. The first kappa shape index (κ1) is 22.2. The van der Waals surface area contributed by atoms with Crippen LogP contribution in [0, 0.1) is 0 Å². The van der Waals surface area contributed by atoms with E-state index >= 15 is 0 Å². The van der Waals surface area contributed by atoms with Crippen molar-refractivity contribution in [2.45, 2.75) is 26.1 Å². The molecule has 0 aromatic heterocycles. The third kappa shape index (κ3) is 7.43. The zero-order valence-electron chi connectivity index (χ0n) is 17.4. The minimum absolute atomic E-state index is 0.226. The quantitative estimate of drug-likeness (QED) is 0.641. The highest BCUT2D eigenvalue weighted by Gasteiger charge is 2.14. The van der Waals surface area contributed by atoms with Crippen molar-refractivity contribution in [3.05, 3.63) is 71.3 Å². The molecule has 6 nitrogen and oxygen atoms in total. The Labute approximate surface area is 172 Å². The number of carbonyl (C=O) groups excluding carboxylic acids is 2. The van der Waals surface area contributed by atoms with Crippen LogP contribution in [-0.4, -0.2) is 44.0 Å². The van der Waals surface area contributed by atoms with Crippen LogP contribution in [0.4, 0.5) is 0 Å². The van der Waals surface area contributed by atoms with Crippen molar-refractivity contribution in [3.8, 4) is 5.75 Å². The summed E-state index contributed by atoms with van der Waals surface area (Å²) < 4.78 is 5.10. The Morgan fingerprint density at radius 3 is 2.34 bits per heavy atom. The van der Waals surface area contributed by atoms with E-state index in [1.807, 2.05) is 56.6 Å². The lowest BCUT2D eigenvalue weighted by Gasteiger charge is -2.16. The van der Waals surface area contributed by atoms with Crippen molar-refractivity contribution in [3.63, 3.8) is 0 Å². The second kappa shape index (κ2) is 11.0. The number of hydrogen-bond donors (Lipinski definition) is 2. The summed E-state index contributed by atoms with van der Waals surface area (Å²) in [7, 11) is 5.62. The Bertz CT molecular complexity index is 845. The fraction of sp³-hybridized carbons (Fsp3) is 0.304. The summed E-state index contributed by atoms with van der Waals surface area (Å²) in [4.78, 5) is 26.5. The molecule has 0 saturated carbocycles. The predicted octanol–water partition coefficient (Wildman–Crippen LogP) is 2.59. The number of ether oxygens (including phenoxy) is 1. The van der Waals surface area contributed by atoms with Gasteiger partial charge < -0.3 is 20.3 Å². The molecule has 0 bridgehead atoms. The van der Waals surface area contributed by atoms with Gasteiger partial charge in [0.1, 0.15) is 11.8 Å². The second-order valence-corrected chi connectivity index (χ2v) is 7.06. The van der Waals surface area contributed by atoms with E-state index in [4.69, 9.17) is 4.74 Å². The van der Waals surface area contributed by atoms with E-state index in [-0.39, 0.29) is 11.8 Å². The molecule has 2 N–H and O–H groups in total. The molecule has 29 heavy (non-hydrogen) atoms. The van der Waals surface area contributed by atoms with Gasteiger partial charge in [-0.1, -0.05) is 36.4 Å². The van der Waals surface area contributed by atoms with E-state index < -0.39 is 6.04 Å². The zero-order chi connectivity index (χ0) is 21.2. The van der Waals surface area contributed by atoms with Crippen molar-refractivity contribution in [2.75, 3.05) is 21.2 Å². The van der Waals surface area contributed by atoms with Gasteiger partial charge in [-0.3, -0.25) is 9.59 Å². The van der Waals surface area contributed by atoms with Gasteiger partial charge in [-0.05, 0) is 55.9 Å². The van der Waals surface area contributed by atoms with E-state index in [1.165, 1.54) is 6.08 Å². The SMILES string of the molecule is COc1ccc(/C=C/C(=O)NC(C)C(=O)NCc2ccccc2CN(C)C)cc1. The maximum absolute atomic E-state index is 12.4. The summed E-state index contributed by atoms with van der Waals surface area (Å²) in [6, 6.07) is 14.7. The van der Waals surface area contributed by atoms with Gasteiger partial charge in [0.05, 0.1) is 7.11 Å². The summed E-state index contributed by atoms with van der Waals surface area (Å²) in [5, 5.41) is 5.58. The molecule has 0 fully saturated rings. The molecule has 0 aliphatic heterocycles. The molecule has 0 aliphatic rings. The number of benzene rings is 2. The lowest BCUT2D eigenvalue weighted by atomic mass is 10.1. The molecule has 0 spiro atoms.